The van der Waals surface area contributed by atoms with Crippen LogP contribution in [0.2, 0.25) is 0 Å². The van der Waals surface area contributed by atoms with Crippen molar-refractivity contribution in [3.05, 3.63) is 71.2 Å². The number of aliphatic hydroxyl groups excluding tert-OH is 1. The molecule has 0 spiro atoms. The maximum absolute atomic E-state index is 14.5. The molecule has 10 heteroatoms. The highest BCUT2D eigenvalue weighted by atomic mass is 32.2. The summed E-state index contributed by atoms with van der Waals surface area (Å²) in [5.41, 5.74) is -0.317. The number of halogens is 1. The van der Waals surface area contributed by atoms with E-state index in [1.54, 1.807) is 6.92 Å². The molecule has 1 heterocycles. The topological polar surface area (TPSA) is 127 Å². The molecule has 2 aromatic carbocycles. The standard InChI is InChI=1S/C19H17FN2O6S/c1-2-28-19(25)15-16(13-5-3-4-6-14(13)20)22(18(24)17(15)23)11-7-9-12(10-8-11)29(21,26)27/h3-10,16,23H,2H2,1H3,(H2,21,26,27)/t16-/m0/s1. The summed E-state index contributed by atoms with van der Waals surface area (Å²) in [7, 11) is -3.97. The molecule has 0 aromatic heterocycles. The number of sulfonamides is 1. The van der Waals surface area contributed by atoms with Crippen LogP contribution in [0.1, 0.15) is 18.5 Å². The van der Waals surface area contributed by atoms with Gasteiger partial charge < -0.3 is 9.84 Å². The van der Waals surface area contributed by atoms with Crippen LogP contribution in [-0.2, 0) is 24.3 Å². The maximum atomic E-state index is 14.5. The molecule has 1 atom stereocenters. The van der Waals surface area contributed by atoms with E-state index in [2.05, 4.69) is 0 Å². The molecule has 2 aromatic rings. The van der Waals surface area contributed by atoms with E-state index in [1.165, 1.54) is 30.3 Å². The number of carbonyl (C=O) groups is 2. The molecule has 0 fully saturated rings. The molecule has 0 unspecified atom stereocenters. The third-order valence-electron chi connectivity index (χ3n) is 4.35. The zero-order valence-corrected chi connectivity index (χ0v) is 16.0. The summed E-state index contributed by atoms with van der Waals surface area (Å²) in [5, 5.41) is 15.4. The van der Waals surface area contributed by atoms with Crippen molar-refractivity contribution < 1.29 is 32.2 Å². The number of benzene rings is 2. The number of aliphatic hydroxyl groups is 1. The van der Waals surface area contributed by atoms with Crippen LogP contribution in [0.15, 0.2) is 64.8 Å². The van der Waals surface area contributed by atoms with Gasteiger partial charge in [-0.2, -0.15) is 0 Å². The molecular weight excluding hydrogens is 403 g/mol. The number of ether oxygens (including phenoxy) is 1. The van der Waals surface area contributed by atoms with Crippen molar-refractivity contribution in [3.63, 3.8) is 0 Å². The molecule has 1 aliphatic rings. The quantitative estimate of drug-likeness (QED) is 0.712. The van der Waals surface area contributed by atoms with Crippen LogP contribution in [0, 0.1) is 5.82 Å². The molecule has 0 radical (unpaired) electrons. The van der Waals surface area contributed by atoms with Gasteiger partial charge in [-0.15, -0.1) is 0 Å². The molecule has 0 bridgehead atoms. The van der Waals surface area contributed by atoms with Crippen LogP contribution >= 0.6 is 0 Å². The molecule has 3 N–H and O–H groups in total. The highest BCUT2D eigenvalue weighted by molar-refractivity contribution is 7.89. The lowest BCUT2D eigenvalue weighted by molar-refractivity contribution is -0.139. The Bertz CT molecular complexity index is 1110. The van der Waals surface area contributed by atoms with Crippen LogP contribution in [0.4, 0.5) is 10.1 Å². The fourth-order valence-electron chi connectivity index (χ4n) is 3.08. The number of anilines is 1. The molecule has 3 rings (SSSR count). The number of nitrogens with zero attached hydrogens (tertiary/aromatic N) is 1. The highest BCUT2D eigenvalue weighted by Crippen LogP contribution is 2.41. The van der Waals surface area contributed by atoms with Gasteiger partial charge in [-0.3, -0.25) is 9.69 Å². The average Bonchev–Trinajstić information content (AvgIpc) is 2.93. The van der Waals surface area contributed by atoms with E-state index in [0.717, 1.165) is 23.1 Å². The molecule has 0 saturated carbocycles. The number of carbonyl (C=O) groups excluding carboxylic acids is 2. The second-order valence-corrected chi connectivity index (χ2v) is 7.68. The number of amides is 1. The van der Waals surface area contributed by atoms with Crippen molar-refractivity contribution in [2.75, 3.05) is 11.5 Å². The minimum Gasteiger partial charge on any atom is -0.503 e. The fraction of sp³-hybridized carbons (Fsp3) is 0.158. The first-order chi connectivity index (χ1) is 13.7. The zero-order valence-electron chi connectivity index (χ0n) is 15.2. The number of primary sulfonamides is 1. The number of hydrogen-bond donors (Lipinski definition) is 2. The van der Waals surface area contributed by atoms with Gasteiger partial charge in [-0.25, -0.2) is 22.7 Å². The van der Waals surface area contributed by atoms with Crippen molar-refractivity contribution >= 4 is 27.6 Å². The van der Waals surface area contributed by atoms with E-state index >= 15 is 0 Å². The predicted octanol–water partition coefficient (Wildman–Crippen LogP) is 1.94. The summed E-state index contributed by atoms with van der Waals surface area (Å²) in [5.74, 6) is -3.49. The van der Waals surface area contributed by atoms with Crippen LogP contribution in [0.5, 0.6) is 0 Å². The molecule has 29 heavy (non-hydrogen) atoms. The van der Waals surface area contributed by atoms with Crippen molar-refractivity contribution in [1.29, 1.82) is 0 Å². The summed E-state index contributed by atoms with van der Waals surface area (Å²) in [6, 6.07) is 9.04. The Labute approximate surface area is 166 Å². The molecular formula is C19H17FN2O6S. The Kier molecular flexibility index (Phi) is 5.40. The minimum absolute atomic E-state index is 0.0170. The molecule has 1 aliphatic heterocycles. The molecule has 0 aliphatic carbocycles. The Morgan fingerprint density at radius 2 is 1.83 bits per heavy atom. The number of nitrogens with two attached hydrogens (primary N) is 1. The predicted molar refractivity (Wildman–Crippen MR) is 101 cm³/mol. The zero-order chi connectivity index (χ0) is 21.3. The summed E-state index contributed by atoms with van der Waals surface area (Å²) >= 11 is 0. The Morgan fingerprint density at radius 1 is 1.21 bits per heavy atom. The van der Waals surface area contributed by atoms with Gasteiger partial charge in [0.15, 0.2) is 5.76 Å². The van der Waals surface area contributed by atoms with Crippen LogP contribution < -0.4 is 10.0 Å². The van der Waals surface area contributed by atoms with Gasteiger partial charge in [0.2, 0.25) is 10.0 Å². The third kappa shape index (κ3) is 3.71. The second kappa shape index (κ2) is 7.64. The molecule has 0 saturated heterocycles. The summed E-state index contributed by atoms with van der Waals surface area (Å²) in [6.07, 6.45) is 0. The Morgan fingerprint density at radius 3 is 2.38 bits per heavy atom. The van der Waals surface area contributed by atoms with Crippen LogP contribution in [0.3, 0.4) is 0 Å². The van der Waals surface area contributed by atoms with Gasteiger partial charge >= 0.3 is 5.97 Å². The summed E-state index contributed by atoms with van der Waals surface area (Å²) in [6.45, 7) is 1.53. The lowest BCUT2D eigenvalue weighted by Crippen LogP contribution is -2.31. The molecule has 152 valence electrons. The van der Waals surface area contributed by atoms with Gasteiger partial charge in [-0.05, 0) is 37.3 Å². The first kappa shape index (κ1) is 20.5. The van der Waals surface area contributed by atoms with Crippen molar-refractivity contribution in [1.82, 2.24) is 0 Å². The smallest absolute Gasteiger partial charge is 0.340 e. The van der Waals surface area contributed by atoms with Crippen molar-refractivity contribution in [3.8, 4) is 0 Å². The van der Waals surface area contributed by atoms with Gasteiger partial charge in [0, 0.05) is 11.3 Å². The molecule has 1 amide bonds. The van der Waals surface area contributed by atoms with Crippen LogP contribution in [-0.4, -0.2) is 32.0 Å². The second-order valence-electron chi connectivity index (χ2n) is 6.12. The van der Waals surface area contributed by atoms with E-state index in [1.807, 2.05) is 0 Å². The van der Waals surface area contributed by atoms with Crippen molar-refractivity contribution in [2.45, 2.75) is 17.9 Å². The van der Waals surface area contributed by atoms with Gasteiger partial charge in [0.1, 0.15) is 17.4 Å². The minimum atomic E-state index is -3.97. The first-order valence-electron chi connectivity index (χ1n) is 8.48. The lowest BCUT2D eigenvalue weighted by Gasteiger charge is -2.27. The van der Waals surface area contributed by atoms with Crippen LogP contribution in [0.25, 0.3) is 0 Å². The molecule has 8 nitrogen and oxygen atoms in total. The van der Waals surface area contributed by atoms with E-state index in [9.17, 15) is 27.5 Å². The largest absolute Gasteiger partial charge is 0.503 e. The SMILES string of the molecule is CCOC(=O)C1=C(O)C(=O)N(c2ccc(S(N)(=O)=O)cc2)[C@H]1c1ccccc1F. The van der Waals surface area contributed by atoms with E-state index < -0.39 is 45.1 Å². The van der Waals surface area contributed by atoms with Crippen molar-refractivity contribution in [2.24, 2.45) is 5.14 Å². The van der Waals surface area contributed by atoms with Gasteiger partial charge in [-0.1, -0.05) is 18.2 Å². The summed E-state index contributed by atoms with van der Waals surface area (Å²) < 4.78 is 42.4. The third-order valence-corrected chi connectivity index (χ3v) is 5.28. The number of rotatable bonds is 5. The van der Waals surface area contributed by atoms with Gasteiger partial charge in [0.25, 0.3) is 5.91 Å². The maximum Gasteiger partial charge on any atom is 0.340 e. The van der Waals surface area contributed by atoms with E-state index in [4.69, 9.17) is 9.88 Å². The van der Waals surface area contributed by atoms with E-state index in [0.29, 0.717) is 0 Å². The average molecular weight is 420 g/mol. The number of hydrogen-bond acceptors (Lipinski definition) is 6. The fourth-order valence-corrected chi connectivity index (χ4v) is 3.59. The van der Waals surface area contributed by atoms with E-state index in [-0.39, 0.29) is 22.8 Å². The Balaban J connectivity index is 2.16. The monoisotopic (exact) mass is 420 g/mol. The lowest BCUT2D eigenvalue weighted by atomic mass is 9.98. The number of esters is 1. The first-order valence-corrected chi connectivity index (χ1v) is 10.0. The normalized spacial score (nSPS) is 17.0. The summed E-state index contributed by atoms with van der Waals surface area (Å²) in [4.78, 5) is 26.0. The highest BCUT2D eigenvalue weighted by Gasteiger charge is 2.46. The Hall–Kier alpha value is -3.24. The van der Waals surface area contributed by atoms with Gasteiger partial charge in [0.05, 0.1) is 11.5 Å².